The number of nitrogens with one attached hydrogen (secondary N) is 2. The molecular formula is C23H24N6O3. The molecule has 4 rings (SSSR count). The maximum Gasteiger partial charge on any atom is 0.319 e. The van der Waals surface area contributed by atoms with E-state index in [4.69, 9.17) is 0 Å². The highest BCUT2D eigenvalue weighted by atomic mass is 16.2. The van der Waals surface area contributed by atoms with Crippen LogP contribution in [-0.2, 0) is 26.6 Å². The summed E-state index contributed by atoms with van der Waals surface area (Å²) in [5, 5.41) is 5.50. The van der Waals surface area contributed by atoms with Gasteiger partial charge < -0.3 is 15.5 Å². The minimum atomic E-state index is -0.348. The Morgan fingerprint density at radius 1 is 1.16 bits per heavy atom. The topological polar surface area (TPSA) is 109 Å². The van der Waals surface area contributed by atoms with Gasteiger partial charge in [0.25, 0.3) is 11.5 Å². The van der Waals surface area contributed by atoms with Crippen LogP contribution in [0.15, 0.2) is 53.6 Å². The fraction of sp³-hybridized carbons (Fsp3) is 0.261. The fourth-order valence-corrected chi connectivity index (χ4v) is 3.60. The summed E-state index contributed by atoms with van der Waals surface area (Å²) in [6, 6.07) is 10.0. The van der Waals surface area contributed by atoms with Crippen LogP contribution in [0.1, 0.15) is 33.0 Å². The zero-order valence-electron chi connectivity index (χ0n) is 18.0. The van der Waals surface area contributed by atoms with Crippen molar-refractivity contribution in [3.8, 4) is 0 Å². The predicted octanol–water partition coefficient (Wildman–Crippen LogP) is 2.00. The number of pyridine rings is 1. The lowest BCUT2D eigenvalue weighted by Gasteiger charge is -2.28. The van der Waals surface area contributed by atoms with Crippen LogP contribution in [0.5, 0.6) is 0 Å². The largest absolute Gasteiger partial charge is 0.334 e. The van der Waals surface area contributed by atoms with Gasteiger partial charge in [0.15, 0.2) is 0 Å². The number of urea groups is 1. The number of hydrogen-bond acceptors (Lipinski definition) is 5. The van der Waals surface area contributed by atoms with E-state index in [0.717, 1.165) is 11.3 Å². The zero-order valence-corrected chi connectivity index (χ0v) is 18.0. The monoisotopic (exact) mass is 432 g/mol. The molecule has 3 heterocycles. The molecule has 1 aliphatic rings. The van der Waals surface area contributed by atoms with E-state index in [1.54, 1.807) is 61.6 Å². The van der Waals surface area contributed by atoms with Crippen molar-refractivity contribution < 1.29 is 9.59 Å². The Kier molecular flexibility index (Phi) is 5.98. The second kappa shape index (κ2) is 9.01. The maximum atomic E-state index is 13.0. The average Bonchev–Trinajstić information content (AvgIpc) is 2.82. The second-order valence-corrected chi connectivity index (χ2v) is 7.67. The SMILES string of the molecule is Cc1nc2c(c(=O)n1C)CN(C(=O)c1ccc(NC(=O)NCc3cccnc3)cc1)CC2. The number of anilines is 1. The van der Waals surface area contributed by atoms with Crippen molar-refractivity contribution in [2.75, 3.05) is 11.9 Å². The van der Waals surface area contributed by atoms with Crippen molar-refractivity contribution in [3.63, 3.8) is 0 Å². The third kappa shape index (κ3) is 4.51. The Morgan fingerprint density at radius 2 is 1.94 bits per heavy atom. The van der Waals surface area contributed by atoms with Gasteiger partial charge in [0, 0.05) is 50.2 Å². The van der Waals surface area contributed by atoms with Crippen LogP contribution >= 0.6 is 0 Å². The van der Waals surface area contributed by atoms with Gasteiger partial charge in [-0.25, -0.2) is 9.78 Å². The van der Waals surface area contributed by atoms with Crippen LogP contribution in [0.2, 0.25) is 0 Å². The van der Waals surface area contributed by atoms with Crippen molar-refractivity contribution in [1.82, 2.24) is 24.8 Å². The maximum absolute atomic E-state index is 13.0. The van der Waals surface area contributed by atoms with Crippen LogP contribution in [0.25, 0.3) is 0 Å². The molecule has 2 aromatic heterocycles. The molecule has 2 N–H and O–H groups in total. The molecule has 1 aromatic carbocycles. The van der Waals surface area contributed by atoms with Gasteiger partial charge in [-0.1, -0.05) is 6.07 Å². The van der Waals surface area contributed by atoms with Crippen LogP contribution in [0.3, 0.4) is 0 Å². The molecule has 0 spiro atoms. The van der Waals surface area contributed by atoms with E-state index < -0.39 is 0 Å². The number of amides is 3. The van der Waals surface area contributed by atoms with Gasteiger partial charge in [-0.15, -0.1) is 0 Å². The first-order valence-electron chi connectivity index (χ1n) is 10.3. The molecule has 9 nitrogen and oxygen atoms in total. The summed E-state index contributed by atoms with van der Waals surface area (Å²) in [6.07, 6.45) is 3.91. The number of aryl methyl sites for hydroxylation is 1. The van der Waals surface area contributed by atoms with E-state index in [1.807, 2.05) is 6.07 Å². The van der Waals surface area contributed by atoms with Gasteiger partial charge in [0.1, 0.15) is 5.82 Å². The molecule has 0 atom stereocenters. The number of rotatable bonds is 4. The summed E-state index contributed by atoms with van der Waals surface area (Å²) in [7, 11) is 1.68. The minimum absolute atomic E-state index is 0.109. The standard InChI is InChI=1S/C23H24N6O3/c1-15-26-20-9-11-29(14-19(20)22(31)28(15)2)21(30)17-5-7-18(8-6-17)27-23(32)25-13-16-4-3-10-24-12-16/h3-8,10,12H,9,11,13-14H2,1-2H3,(H2,25,27,32). The molecule has 0 fully saturated rings. The molecule has 0 unspecified atom stereocenters. The van der Waals surface area contributed by atoms with Crippen LogP contribution < -0.4 is 16.2 Å². The van der Waals surface area contributed by atoms with Gasteiger partial charge in [0.05, 0.1) is 17.8 Å². The number of aromatic nitrogens is 3. The molecule has 0 saturated heterocycles. The van der Waals surface area contributed by atoms with E-state index in [9.17, 15) is 14.4 Å². The smallest absolute Gasteiger partial charge is 0.319 e. The van der Waals surface area contributed by atoms with E-state index in [2.05, 4.69) is 20.6 Å². The van der Waals surface area contributed by atoms with E-state index >= 15 is 0 Å². The summed E-state index contributed by atoms with van der Waals surface area (Å²) in [4.78, 5) is 47.8. The molecule has 0 bridgehead atoms. The third-order valence-corrected chi connectivity index (χ3v) is 5.51. The third-order valence-electron chi connectivity index (χ3n) is 5.51. The Balaban J connectivity index is 1.38. The van der Waals surface area contributed by atoms with Gasteiger partial charge in [-0.05, 0) is 42.8 Å². The molecule has 9 heteroatoms. The quantitative estimate of drug-likeness (QED) is 0.655. The molecule has 32 heavy (non-hydrogen) atoms. The lowest BCUT2D eigenvalue weighted by molar-refractivity contribution is 0.0732. The lowest BCUT2D eigenvalue weighted by Crippen LogP contribution is -2.41. The van der Waals surface area contributed by atoms with Gasteiger partial charge in [-0.2, -0.15) is 0 Å². The first kappa shape index (κ1) is 21.2. The zero-order chi connectivity index (χ0) is 22.7. The summed E-state index contributed by atoms with van der Waals surface area (Å²) >= 11 is 0. The molecular weight excluding hydrogens is 408 g/mol. The van der Waals surface area contributed by atoms with Crippen molar-refractivity contribution in [2.24, 2.45) is 7.05 Å². The summed E-state index contributed by atoms with van der Waals surface area (Å²) in [5.41, 5.74) is 3.19. The fourth-order valence-electron chi connectivity index (χ4n) is 3.60. The number of fused-ring (bicyclic) bond motifs is 1. The molecule has 3 amide bonds. The molecule has 0 aliphatic carbocycles. The Hall–Kier alpha value is -4.01. The minimum Gasteiger partial charge on any atom is -0.334 e. The van der Waals surface area contributed by atoms with Gasteiger partial charge in [-0.3, -0.25) is 19.1 Å². The van der Waals surface area contributed by atoms with Crippen LogP contribution in [0.4, 0.5) is 10.5 Å². The number of hydrogen-bond donors (Lipinski definition) is 2. The molecule has 0 saturated carbocycles. The summed E-state index contributed by atoms with van der Waals surface area (Å²) in [5.74, 6) is 0.506. The highest BCUT2D eigenvalue weighted by Gasteiger charge is 2.25. The second-order valence-electron chi connectivity index (χ2n) is 7.67. The first-order valence-corrected chi connectivity index (χ1v) is 10.3. The van der Waals surface area contributed by atoms with E-state index in [1.165, 1.54) is 4.57 Å². The number of benzene rings is 1. The Morgan fingerprint density at radius 3 is 2.66 bits per heavy atom. The van der Waals surface area contributed by atoms with Crippen molar-refractivity contribution in [2.45, 2.75) is 26.4 Å². The van der Waals surface area contributed by atoms with Gasteiger partial charge >= 0.3 is 6.03 Å². The molecule has 164 valence electrons. The van der Waals surface area contributed by atoms with E-state index in [0.29, 0.717) is 42.1 Å². The summed E-state index contributed by atoms with van der Waals surface area (Å²) < 4.78 is 1.51. The Bertz CT molecular complexity index is 1200. The number of carbonyl (C=O) groups is 2. The predicted molar refractivity (Wildman–Crippen MR) is 119 cm³/mol. The van der Waals surface area contributed by atoms with Crippen molar-refractivity contribution >= 4 is 17.6 Å². The molecule has 3 aromatic rings. The van der Waals surface area contributed by atoms with Crippen LogP contribution in [0, 0.1) is 6.92 Å². The molecule has 1 aliphatic heterocycles. The van der Waals surface area contributed by atoms with Crippen LogP contribution in [-0.4, -0.2) is 37.9 Å². The molecule has 0 radical (unpaired) electrons. The van der Waals surface area contributed by atoms with Gasteiger partial charge in [0.2, 0.25) is 0 Å². The van der Waals surface area contributed by atoms with Crippen molar-refractivity contribution in [1.29, 1.82) is 0 Å². The van der Waals surface area contributed by atoms with Crippen molar-refractivity contribution in [3.05, 3.63) is 87.4 Å². The average molecular weight is 432 g/mol. The lowest BCUT2D eigenvalue weighted by atomic mass is 10.1. The van der Waals surface area contributed by atoms with E-state index in [-0.39, 0.29) is 24.0 Å². The highest BCUT2D eigenvalue weighted by molar-refractivity contribution is 5.95. The normalized spacial score (nSPS) is 12.8. The number of carbonyl (C=O) groups excluding carboxylic acids is 2. The first-order chi connectivity index (χ1) is 15.4. The summed E-state index contributed by atoms with van der Waals surface area (Å²) in [6.45, 7) is 2.90. The number of nitrogens with zero attached hydrogens (tertiary/aromatic N) is 4. The highest BCUT2D eigenvalue weighted by Crippen LogP contribution is 2.18. The Labute approximate surface area is 185 Å².